The molecule has 3 aliphatic rings. The molecule has 0 heterocycles. The Bertz CT molecular complexity index is 636. The van der Waals surface area contributed by atoms with E-state index in [1.54, 1.807) is 11.8 Å². The van der Waals surface area contributed by atoms with Crippen molar-refractivity contribution in [2.75, 3.05) is 0 Å². The highest BCUT2D eigenvalue weighted by Crippen LogP contribution is 2.62. The molecule has 0 aliphatic heterocycles. The zero-order valence-corrected chi connectivity index (χ0v) is 16.5. The standard InChI is InChI=1S/C24H35N/c1-7-25-16-17(2)18(3)23(5)15-13-22-21(19(23)4)12-11-20-10-8-9-14-24(20,22)6/h7,11,16,19,21-22H,1-3,8-10,12-15H2,4-6H3. The molecule has 136 valence electrons. The largest absolute Gasteiger partial charge is 0.265 e. The van der Waals surface area contributed by atoms with Gasteiger partial charge < -0.3 is 0 Å². The van der Waals surface area contributed by atoms with Gasteiger partial charge in [0.15, 0.2) is 0 Å². The molecule has 2 fully saturated rings. The van der Waals surface area contributed by atoms with E-state index in [1.165, 1.54) is 50.5 Å². The van der Waals surface area contributed by atoms with Gasteiger partial charge in [0.25, 0.3) is 0 Å². The van der Waals surface area contributed by atoms with Gasteiger partial charge in [0, 0.05) is 12.4 Å². The molecule has 0 radical (unpaired) electrons. The highest BCUT2D eigenvalue weighted by molar-refractivity contribution is 5.84. The molecule has 0 aromatic carbocycles. The van der Waals surface area contributed by atoms with Crippen molar-refractivity contribution in [3.63, 3.8) is 0 Å². The van der Waals surface area contributed by atoms with Crippen molar-refractivity contribution in [3.8, 4) is 0 Å². The molecule has 0 amide bonds. The smallest absolute Gasteiger partial charge is 0.0336 e. The minimum Gasteiger partial charge on any atom is -0.265 e. The maximum atomic E-state index is 4.45. The van der Waals surface area contributed by atoms with Crippen LogP contribution in [0.2, 0.25) is 0 Å². The van der Waals surface area contributed by atoms with Gasteiger partial charge in [0.05, 0.1) is 0 Å². The highest BCUT2D eigenvalue weighted by atomic mass is 14.7. The Hall–Kier alpha value is -1.37. The van der Waals surface area contributed by atoms with Crippen LogP contribution in [-0.4, -0.2) is 6.21 Å². The normalized spacial score (nSPS) is 40.8. The number of rotatable bonds is 4. The summed E-state index contributed by atoms with van der Waals surface area (Å²) < 4.78 is 0. The van der Waals surface area contributed by atoms with Gasteiger partial charge in [0.1, 0.15) is 0 Å². The van der Waals surface area contributed by atoms with Crippen LogP contribution in [0.5, 0.6) is 0 Å². The van der Waals surface area contributed by atoms with Crippen LogP contribution < -0.4 is 0 Å². The Morgan fingerprint density at radius 1 is 1.24 bits per heavy atom. The molecule has 0 aromatic rings. The third-order valence-corrected chi connectivity index (χ3v) is 8.13. The quantitative estimate of drug-likeness (QED) is 0.301. The number of nitrogens with zero attached hydrogens (tertiary/aromatic N) is 1. The van der Waals surface area contributed by atoms with Crippen LogP contribution in [-0.2, 0) is 0 Å². The summed E-state index contributed by atoms with van der Waals surface area (Å²) in [6.45, 7) is 19.8. The lowest BCUT2D eigenvalue weighted by Crippen LogP contribution is -2.49. The van der Waals surface area contributed by atoms with Crippen LogP contribution in [0.3, 0.4) is 0 Å². The average molecular weight is 338 g/mol. The Labute approximate surface area is 154 Å². The van der Waals surface area contributed by atoms with Gasteiger partial charge in [-0.3, -0.25) is 4.99 Å². The number of fused-ring (bicyclic) bond motifs is 3. The molecule has 1 heteroatoms. The van der Waals surface area contributed by atoms with Crippen molar-refractivity contribution in [1.29, 1.82) is 0 Å². The summed E-state index contributed by atoms with van der Waals surface area (Å²) in [5.41, 5.74) is 4.50. The van der Waals surface area contributed by atoms with Gasteiger partial charge in [-0.25, -0.2) is 0 Å². The minimum atomic E-state index is 0.127. The summed E-state index contributed by atoms with van der Waals surface area (Å²) >= 11 is 0. The minimum absolute atomic E-state index is 0.127. The molecule has 0 aromatic heterocycles. The van der Waals surface area contributed by atoms with Crippen molar-refractivity contribution in [3.05, 3.63) is 48.7 Å². The first-order valence-corrected chi connectivity index (χ1v) is 10.1. The first-order valence-electron chi connectivity index (χ1n) is 10.1. The van der Waals surface area contributed by atoms with Gasteiger partial charge in [-0.15, -0.1) is 0 Å². The number of hydrogen-bond donors (Lipinski definition) is 0. The maximum Gasteiger partial charge on any atom is 0.0336 e. The van der Waals surface area contributed by atoms with Crippen molar-refractivity contribution < 1.29 is 0 Å². The third kappa shape index (κ3) is 2.90. The molecule has 25 heavy (non-hydrogen) atoms. The Balaban J connectivity index is 1.86. The predicted molar refractivity (Wildman–Crippen MR) is 110 cm³/mol. The topological polar surface area (TPSA) is 12.4 Å². The second-order valence-electron chi connectivity index (χ2n) is 9.07. The van der Waals surface area contributed by atoms with E-state index in [0.717, 1.165) is 17.4 Å². The SMILES string of the molecule is C=CN=CC(=C)C(=C)C1(C)CCC2C(CC=C3CCCCC32C)C1C. The molecule has 3 aliphatic carbocycles. The molecular weight excluding hydrogens is 302 g/mol. The highest BCUT2D eigenvalue weighted by Gasteiger charge is 2.53. The summed E-state index contributed by atoms with van der Waals surface area (Å²) in [7, 11) is 0. The van der Waals surface area contributed by atoms with E-state index in [0.29, 0.717) is 11.3 Å². The molecular formula is C24H35N. The summed E-state index contributed by atoms with van der Waals surface area (Å²) in [6.07, 6.45) is 15.3. The second-order valence-corrected chi connectivity index (χ2v) is 9.07. The molecule has 2 saturated carbocycles. The van der Waals surface area contributed by atoms with E-state index >= 15 is 0 Å². The van der Waals surface area contributed by atoms with Crippen LogP contribution in [0.15, 0.2) is 53.7 Å². The van der Waals surface area contributed by atoms with Gasteiger partial charge >= 0.3 is 0 Å². The lowest BCUT2D eigenvalue weighted by atomic mass is 9.47. The summed E-state index contributed by atoms with van der Waals surface area (Å²) in [5, 5.41) is 0. The van der Waals surface area contributed by atoms with Crippen molar-refractivity contribution in [2.24, 2.45) is 33.6 Å². The zero-order valence-electron chi connectivity index (χ0n) is 16.5. The Morgan fingerprint density at radius 3 is 2.72 bits per heavy atom. The summed E-state index contributed by atoms with van der Waals surface area (Å²) in [6, 6.07) is 0. The van der Waals surface area contributed by atoms with E-state index in [1.807, 2.05) is 6.21 Å². The molecule has 5 atom stereocenters. The van der Waals surface area contributed by atoms with E-state index in [4.69, 9.17) is 0 Å². The fourth-order valence-electron chi connectivity index (χ4n) is 6.18. The number of aliphatic imine (C=N–C) groups is 1. The number of hydrogen-bond acceptors (Lipinski definition) is 1. The van der Waals surface area contributed by atoms with Crippen LogP contribution >= 0.6 is 0 Å². The van der Waals surface area contributed by atoms with Gasteiger partial charge in [-0.1, -0.05) is 58.6 Å². The number of allylic oxidation sites excluding steroid dienone is 4. The first-order chi connectivity index (χ1) is 11.8. The van der Waals surface area contributed by atoms with E-state index in [9.17, 15) is 0 Å². The second kappa shape index (κ2) is 6.74. The van der Waals surface area contributed by atoms with Crippen LogP contribution in [0.1, 0.15) is 65.7 Å². The molecule has 0 spiro atoms. The van der Waals surface area contributed by atoms with Crippen molar-refractivity contribution in [1.82, 2.24) is 0 Å². The van der Waals surface area contributed by atoms with Gasteiger partial charge in [-0.2, -0.15) is 0 Å². The average Bonchev–Trinajstić information content (AvgIpc) is 2.61. The predicted octanol–water partition coefficient (Wildman–Crippen LogP) is 6.89. The monoisotopic (exact) mass is 337 g/mol. The molecule has 0 bridgehead atoms. The van der Waals surface area contributed by atoms with Crippen LogP contribution in [0.25, 0.3) is 0 Å². The lowest BCUT2D eigenvalue weighted by molar-refractivity contribution is -0.0159. The fraction of sp³-hybridized carbons (Fsp3) is 0.625. The maximum absolute atomic E-state index is 4.45. The summed E-state index contributed by atoms with van der Waals surface area (Å²) in [5.74, 6) is 2.24. The van der Waals surface area contributed by atoms with Gasteiger partial charge in [-0.05, 0) is 78.3 Å². The molecule has 1 nitrogen and oxygen atoms in total. The third-order valence-electron chi connectivity index (χ3n) is 8.13. The van der Waals surface area contributed by atoms with Crippen molar-refractivity contribution in [2.45, 2.75) is 65.7 Å². The van der Waals surface area contributed by atoms with E-state index in [-0.39, 0.29) is 5.41 Å². The van der Waals surface area contributed by atoms with Gasteiger partial charge in [0.2, 0.25) is 0 Å². The Kier molecular flexibility index (Phi) is 4.97. The van der Waals surface area contributed by atoms with Crippen LogP contribution in [0.4, 0.5) is 0 Å². The first kappa shape index (κ1) is 18.4. The van der Waals surface area contributed by atoms with E-state index in [2.05, 4.69) is 51.6 Å². The van der Waals surface area contributed by atoms with E-state index < -0.39 is 0 Å². The lowest BCUT2D eigenvalue weighted by Gasteiger charge is -2.58. The fourth-order valence-corrected chi connectivity index (χ4v) is 6.18. The molecule has 3 rings (SSSR count). The molecule has 5 unspecified atom stereocenters. The van der Waals surface area contributed by atoms with Crippen LogP contribution in [0, 0.1) is 28.6 Å². The molecule has 0 saturated heterocycles. The Morgan fingerprint density at radius 2 is 2.00 bits per heavy atom. The summed E-state index contributed by atoms with van der Waals surface area (Å²) in [4.78, 5) is 4.16. The molecule has 0 N–H and O–H groups in total. The van der Waals surface area contributed by atoms with Crippen molar-refractivity contribution >= 4 is 6.21 Å². The zero-order chi connectivity index (χ0) is 18.2.